The van der Waals surface area contributed by atoms with Gasteiger partial charge in [-0.15, -0.1) is 0 Å². The quantitative estimate of drug-likeness (QED) is 0.842. The first-order valence-corrected chi connectivity index (χ1v) is 6.60. The smallest absolute Gasteiger partial charge is 0.249 e. The van der Waals surface area contributed by atoms with Crippen LogP contribution < -0.4 is 11.5 Å². The van der Waals surface area contributed by atoms with Crippen molar-refractivity contribution < 1.29 is 4.79 Å². The Bertz CT molecular complexity index is 620. The van der Waals surface area contributed by atoms with Gasteiger partial charge in [-0.25, -0.2) is 4.98 Å². The van der Waals surface area contributed by atoms with Crippen molar-refractivity contribution in [1.29, 1.82) is 0 Å². The number of aryl methyl sites for hydroxylation is 2. The van der Waals surface area contributed by atoms with Gasteiger partial charge in [-0.1, -0.05) is 11.8 Å². The van der Waals surface area contributed by atoms with Crippen LogP contribution in [0.4, 0.5) is 5.69 Å². The standard InChI is InChI=1S/C14H15N3OS/c1-8-5-9(2)17-13(6-8)19-12-7-10(15)3-4-11(12)14(16)18/h3-7H,15H2,1-2H3,(H2,16,18). The van der Waals surface area contributed by atoms with Crippen molar-refractivity contribution in [2.45, 2.75) is 23.8 Å². The Morgan fingerprint density at radius 1 is 1.21 bits per heavy atom. The Balaban J connectivity index is 2.42. The first-order valence-electron chi connectivity index (χ1n) is 5.78. The predicted molar refractivity (Wildman–Crippen MR) is 77.2 cm³/mol. The molecule has 0 aliphatic heterocycles. The van der Waals surface area contributed by atoms with E-state index < -0.39 is 5.91 Å². The Hall–Kier alpha value is -2.01. The van der Waals surface area contributed by atoms with E-state index in [1.165, 1.54) is 11.8 Å². The average Bonchev–Trinajstić information content (AvgIpc) is 2.26. The molecule has 0 bridgehead atoms. The van der Waals surface area contributed by atoms with E-state index in [0.717, 1.165) is 21.2 Å². The molecule has 2 rings (SSSR count). The van der Waals surface area contributed by atoms with Gasteiger partial charge in [0, 0.05) is 16.3 Å². The number of rotatable bonds is 3. The summed E-state index contributed by atoms with van der Waals surface area (Å²) >= 11 is 1.39. The van der Waals surface area contributed by atoms with Crippen molar-refractivity contribution in [2.75, 3.05) is 5.73 Å². The van der Waals surface area contributed by atoms with Crippen LogP contribution in [0, 0.1) is 13.8 Å². The zero-order chi connectivity index (χ0) is 14.0. The Morgan fingerprint density at radius 3 is 2.58 bits per heavy atom. The number of carbonyl (C=O) groups is 1. The van der Waals surface area contributed by atoms with E-state index in [1.54, 1.807) is 18.2 Å². The number of hydrogen-bond donors (Lipinski definition) is 2. The maximum Gasteiger partial charge on any atom is 0.249 e. The summed E-state index contributed by atoms with van der Waals surface area (Å²) in [6.07, 6.45) is 0. The topological polar surface area (TPSA) is 82.0 Å². The van der Waals surface area contributed by atoms with Gasteiger partial charge in [0.2, 0.25) is 5.91 Å². The van der Waals surface area contributed by atoms with Gasteiger partial charge in [-0.05, 0) is 49.7 Å². The molecule has 0 atom stereocenters. The lowest BCUT2D eigenvalue weighted by Gasteiger charge is -2.08. The third-order valence-electron chi connectivity index (χ3n) is 2.56. The second kappa shape index (κ2) is 5.32. The normalized spacial score (nSPS) is 10.4. The van der Waals surface area contributed by atoms with Crippen molar-refractivity contribution >= 4 is 23.4 Å². The number of anilines is 1. The number of primary amides is 1. The van der Waals surface area contributed by atoms with Crippen LogP contribution in [0.3, 0.4) is 0 Å². The number of nitrogens with zero attached hydrogens (tertiary/aromatic N) is 1. The Kier molecular flexibility index (Phi) is 3.76. The fraction of sp³-hybridized carbons (Fsp3) is 0.143. The minimum atomic E-state index is -0.466. The fourth-order valence-corrected chi connectivity index (χ4v) is 2.93. The first kappa shape index (κ1) is 13.4. The van der Waals surface area contributed by atoms with E-state index in [4.69, 9.17) is 11.5 Å². The second-order valence-corrected chi connectivity index (χ2v) is 5.41. The second-order valence-electron chi connectivity index (χ2n) is 4.35. The Labute approximate surface area is 116 Å². The molecule has 1 amide bonds. The zero-order valence-electron chi connectivity index (χ0n) is 10.8. The van der Waals surface area contributed by atoms with E-state index >= 15 is 0 Å². The molecule has 0 radical (unpaired) electrons. The van der Waals surface area contributed by atoms with Gasteiger partial charge in [0.25, 0.3) is 0 Å². The van der Waals surface area contributed by atoms with Crippen molar-refractivity contribution in [1.82, 2.24) is 4.98 Å². The summed E-state index contributed by atoms with van der Waals surface area (Å²) in [7, 11) is 0. The van der Waals surface area contributed by atoms with Crippen molar-refractivity contribution in [2.24, 2.45) is 5.73 Å². The average molecular weight is 273 g/mol. The summed E-state index contributed by atoms with van der Waals surface area (Å²) in [5.74, 6) is -0.466. The molecule has 0 aliphatic carbocycles. The Morgan fingerprint density at radius 2 is 1.95 bits per heavy atom. The van der Waals surface area contributed by atoms with Gasteiger partial charge >= 0.3 is 0 Å². The maximum absolute atomic E-state index is 11.4. The SMILES string of the molecule is Cc1cc(C)nc(Sc2cc(N)ccc2C(N)=O)c1. The molecule has 0 spiro atoms. The maximum atomic E-state index is 11.4. The van der Waals surface area contributed by atoms with Crippen molar-refractivity contribution in [3.8, 4) is 0 Å². The summed E-state index contributed by atoms with van der Waals surface area (Å²) in [4.78, 5) is 16.6. The van der Waals surface area contributed by atoms with Gasteiger partial charge in [0.15, 0.2) is 0 Å². The number of hydrogen-bond acceptors (Lipinski definition) is 4. The number of nitrogen functional groups attached to an aromatic ring is 1. The van der Waals surface area contributed by atoms with E-state index in [-0.39, 0.29) is 0 Å². The first-order chi connectivity index (χ1) is 8.95. The van der Waals surface area contributed by atoms with Gasteiger partial charge in [0.1, 0.15) is 5.03 Å². The third-order valence-corrected chi connectivity index (χ3v) is 3.54. The lowest BCUT2D eigenvalue weighted by atomic mass is 10.2. The summed E-state index contributed by atoms with van der Waals surface area (Å²) in [5, 5.41) is 0.825. The molecule has 5 heteroatoms. The molecule has 4 nitrogen and oxygen atoms in total. The molecule has 0 unspecified atom stereocenters. The van der Waals surface area contributed by atoms with Crippen LogP contribution in [-0.4, -0.2) is 10.9 Å². The zero-order valence-corrected chi connectivity index (χ0v) is 11.6. The molecule has 98 valence electrons. The highest BCUT2D eigenvalue weighted by molar-refractivity contribution is 7.99. The summed E-state index contributed by atoms with van der Waals surface area (Å²) in [5.41, 5.74) is 14.2. The molecule has 0 aliphatic rings. The molecule has 0 saturated heterocycles. The van der Waals surface area contributed by atoms with Crippen LogP contribution in [0.5, 0.6) is 0 Å². The van der Waals surface area contributed by atoms with Crippen LogP contribution in [0.1, 0.15) is 21.6 Å². The molecular formula is C14H15N3OS. The largest absolute Gasteiger partial charge is 0.399 e. The van der Waals surface area contributed by atoms with Crippen LogP contribution in [-0.2, 0) is 0 Å². The van der Waals surface area contributed by atoms with Crippen molar-refractivity contribution in [3.63, 3.8) is 0 Å². The van der Waals surface area contributed by atoms with Gasteiger partial charge < -0.3 is 11.5 Å². The van der Waals surface area contributed by atoms with E-state index in [0.29, 0.717) is 11.3 Å². The number of benzene rings is 1. The molecule has 19 heavy (non-hydrogen) atoms. The molecule has 0 saturated carbocycles. The molecule has 2 aromatic rings. The highest BCUT2D eigenvalue weighted by Crippen LogP contribution is 2.31. The van der Waals surface area contributed by atoms with Crippen LogP contribution in [0.2, 0.25) is 0 Å². The molecule has 0 fully saturated rings. The number of aromatic nitrogens is 1. The molecular weight excluding hydrogens is 258 g/mol. The van der Waals surface area contributed by atoms with E-state index in [2.05, 4.69) is 4.98 Å². The fourth-order valence-electron chi connectivity index (χ4n) is 1.80. The molecule has 4 N–H and O–H groups in total. The molecule has 1 heterocycles. The predicted octanol–water partition coefficient (Wildman–Crippen LogP) is 2.53. The van der Waals surface area contributed by atoms with E-state index in [1.807, 2.05) is 26.0 Å². The lowest BCUT2D eigenvalue weighted by molar-refractivity contribution is 0.0997. The highest BCUT2D eigenvalue weighted by atomic mass is 32.2. The lowest BCUT2D eigenvalue weighted by Crippen LogP contribution is -2.12. The van der Waals surface area contributed by atoms with Gasteiger partial charge in [-0.2, -0.15) is 0 Å². The van der Waals surface area contributed by atoms with Crippen molar-refractivity contribution in [3.05, 3.63) is 47.2 Å². The monoisotopic (exact) mass is 273 g/mol. The van der Waals surface area contributed by atoms with Gasteiger partial charge in [-0.3, -0.25) is 4.79 Å². The highest BCUT2D eigenvalue weighted by Gasteiger charge is 2.11. The number of carbonyl (C=O) groups excluding carboxylic acids is 1. The van der Waals surface area contributed by atoms with Crippen LogP contribution in [0.15, 0.2) is 40.3 Å². The number of nitrogens with two attached hydrogens (primary N) is 2. The number of pyridine rings is 1. The number of amides is 1. The minimum absolute atomic E-state index is 0.458. The minimum Gasteiger partial charge on any atom is -0.399 e. The summed E-state index contributed by atoms with van der Waals surface area (Å²) in [6, 6.07) is 9.01. The summed E-state index contributed by atoms with van der Waals surface area (Å²) in [6.45, 7) is 3.94. The van der Waals surface area contributed by atoms with Crippen LogP contribution in [0.25, 0.3) is 0 Å². The summed E-state index contributed by atoms with van der Waals surface area (Å²) < 4.78 is 0. The molecule has 1 aromatic heterocycles. The molecule has 1 aromatic carbocycles. The van der Waals surface area contributed by atoms with Gasteiger partial charge in [0.05, 0.1) is 5.56 Å². The third kappa shape index (κ3) is 3.26. The van der Waals surface area contributed by atoms with E-state index in [9.17, 15) is 4.79 Å². The van der Waals surface area contributed by atoms with Crippen LogP contribution >= 0.6 is 11.8 Å².